The van der Waals surface area contributed by atoms with Gasteiger partial charge < -0.3 is 4.90 Å². The molecule has 0 atom stereocenters. The van der Waals surface area contributed by atoms with Crippen molar-refractivity contribution in [1.29, 1.82) is 0 Å². The zero-order valence-corrected chi connectivity index (χ0v) is 15.0. The molecule has 0 bridgehead atoms. The Bertz CT molecular complexity index is 966. The van der Waals surface area contributed by atoms with E-state index >= 15 is 0 Å². The van der Waals surface area contributed by atoms with Gasteiger partial charge in [0.25, 0.3) is 11.8 Å². The average Bonchev–Trinajstić information content (AvgIpc) is 3.25. The zero-order chi connectivity index (χ0) is 19.1. The Morgan fingerprint density at radius 2 is 1.52 bits per heavy atom. The van der Waals surface area contributed by atoms with Crippen molar-refractivity contribution in [3.8, 4) is 0 Å². The second-order valence-corrected chi connectivity index (χ2v) is 6.91. The molecular weight excluding hydrogens is 374 g/mol. The third-order valence-electron chi connectivity index (χ3n) is 4.78. The van der Waals surface area contributed by atoms with Crippen LogP contribution in [0.15, 0.2) is 48.2 Å². The van der Waals surface area contributed by atoms with Crippen LogP contribution >= 0.6 is 11.6 Å². The van der Waals surface area contributed by atoms with Gasteiger partial charge in [-0.2, -0.15) is 0 Å². The van der Waals surface area contributed by atoms with Crippen LogP contribution in [0.2, 0.25) is 5.02 Å². The van der Waals surface area contributed by atoms with Crippen LogP contribution in [0.1, 0.15) is 18.4 Å². The predicted molar refractivity (Wildman–Crippen MR) is 98.0 cm³/mol. The molecule has 2 aromatic carbocycles. The highest BCUT2D eigenvalue weighted by atomic mass is 35.5. The summed E-state index contributed by atoms with van der Waals surface area (Å²) in [6.07, 6.45) is 1.84. The van der Waals surface area contributed by atoms with Gasteiger partial charge in [0.1, 0.15) is 5.70 Å². The van der Waals surface area contributed by atoms with Crippen molar-refractivity contribution in [3.05, 3.63) is 70.4 Å². The van der Waals surface area contributed by atoms with Crippen molar-refractivity contribution in [1.82, 2.24) is 4.90 Å². The number of imide groups is 1. The number of nitrogens with zero attached hydrogens (tertiary/aromatic N) is 2. The molecular formula is C20H15ClF2N2O2. The number of anilines is 1. The van der Waals surface area contributed by atoms with Gasteiger partial charge >= 0.3 is 0 Å². The number of halogens is 3. The fraction of sp³-hybridized carbons (Fsp3) is 0.200. The van der Waals surface area contributed by atoms with Crippen molar-refractivity contribution in [2.45, 2.75) is 12.8 Å². The van der Waals surface area contributed by atoms with E-state index in [2.05, 4.69) is 0 Å². The highest BCUT2D eigenvalue weighted by molar-refractivity contribution is 6.45. The van der Waals surface area contributed by atoms with E-state index < -0.39 is 23.4 Å². The largest absolute Gasteiger partial charge is 0.366 e. The zero-order valence-electron chi connectivity index (χ0n) is 14.2. The van der Waals surface area contributed by atoms with Crippen LogP contribution in [0.25, 0.3) is 5.57 Å². The van der Waals surface area contributed by atoms with Crippen LogP contribution in [-0.4, -0.2) is 29.8 Å². The standard InChI is InChI=1S/C20H15ClF2N2O2/c21-13-5-3-12(4-6-13)17-18(24-9-1-2-10-24)20(27)25(19(17)26)14-7-8-15(22)16(23)11-14/h3-8,11H,1-2,9-10H2. The van der Waals surface area contributed by atoms with Crippen molar-refractivity contribution < 1.29 is 18.4 Å². The van der Waals surface area contributed by atoms with Gasteiger partial charge in [-0.25, -0.2) is 13.7 Å². The van der Waals surface area contributed by atoms with Crippen molar-refractivity contribution in [3.63, 3.8) is 0 Å². The lowest BCUT2D eigenvalue weighted by Gasteiger charge is -2.20. The Hall–Kier alpha value is -2.73. The fourth-order valence-electron chi connectivity index (χ4n) is 3.49. The topological polar surface area (TPSA) is 40.6 Å². The van der Waals surface area contributed by atoms with Gasteiger partial charge in [0.15, 0.2) is 11.6 Å². The smallest absolute Gasteiger partial charge is 0.282 e. The number of rotatable bonds is 3. The molecule has 0 radical (unpaired) electrons. The summed E-state index contributed by atoms with van der Waals surface area (Å²) in [5.41, 5.74) is 1.11. The van der Waals surface area contributed by atoms with E-state index in [4.69, 9.17) is 11.6 Å². The number of amides is 2. The van der Waals surface area contributed by atoms with E-state index in [1.807, 2.05) is 4.90 Å². The molecule has 138 valence electrons. The second-order valence-electron chi connectivity index (χ2n) is 6.47. The number of benzene rings is 2. The summed E-state index contributed by atoms with van der Waals surface area (Å²) in [5.74, 6) is -3.24. The first-order valence-corrected chi connectivity index (χ1v) is 8.94. The Balaban J connectivity index is 1.83. The molecule has 2 aromatic rings. The molecule has 1 saturated heterocycles. The molecule has 4 nitrogen and oxygen atoms in total. The Kier molecular flexibility index (Phi) is 4.44. The van der Waals surface area contributed by atoms with Crippen molar-refractivity contribution in [2.75, 3.05) is 18.0 Å². The van der Waals surface area contributed by atoms with E-state index in [-0.39, 0.29) is 11.3 Å². The summed E-state index contributed by atoms with van der Waals surface area (Å²) < 4.78 is 27.0. The molecule has 0 spiro atoms. The molecule has 0 unspecified atom stereocenters. The molecule has 2 aliphatic rings. The summed E-state index contributed by atoms with van der Waals surface area (Å²) in [5, 5.41) is 0.510. The second kappa shape index (κ2) is 6.78. The number of hydrogen-bond donors (Lipinski definition) is 0. The minimum Gasteiger partial charge on any atom is -0.366 e. The first-order chi connectivity index (χ1) is 13.0. The van der Waals surface area contributed by atoms with Crippen LogP contribution in [-0.2, 0) is 9.59 Å². The van der Waals surface area contributed by atoms with Gasteiger partial charge in [-0.1, -0.05) is 23.7 Å². The van der Waals surface area contributed by atoms with E-state index in [1.165, 1.54) is 6.07 Å². The van der Waals surface area contributed by atoms with Crippen LogP contribution in [0.4, 0.5) is 14.5 Å². The molecule has 2 amide bonds. The Morgan fingerprint density at radius 3 is 2.15 bits per heavy atom. The highest BCUT2D eigenvalue weighted by Gasteiger charge is 2.43. The number of carbonyl (C=O) groups excluding carboxylic acids is 2. The van der Waals surface area contributed by atoms with E-state index in [0.29, 0.717) is 29.4 Å². The van der Waals surface area contributed by atoms with Crippen LogP contribution in [0.5, 0.6) is 0 Å². The average molecular weight is 389 g/mol. The molecule has 0 aliphatic carbocycles. The minimum atomic E-state index is -1.12. The number of hydrogen-bond acceptors (Lipinski definition) is 3. The maximum atomic E-state index is 13.7. The third kappa shape index (κ3) is 3.00. The maximum absolute atomic E-state index is 13.7. The highest BCUT2D eigenvalue weighted by Crippen LogP contribution is 2.36. The summed E-state index contributed by atoms with van der Waals surface area (Å²) in [6, 6.07) is 9.62. The van der Waals surface area contributed by atoms with E-state index in [0.717, 1.165) is 29.9 Å². The minimum absolute atomic E-state index is 0.00422. The predicted octanol–water partition coefficient (Wildman–Crippen LogP) is 4.00. The maximum Gasteiger partial charge on any atom is 0.282 e. The summed E-state index contributed by atoms with van der Waals surface area (Å²) >= 11 is 5.94. The van der Waals surface area contributed by atoms with Gasteiger partial charge in [0.2, 0.25) is 0 Å². The van der Waals surface area contributed by atoms with Gasteiger partial charge in [0, 0.05) is 24.2 Å². The molecule has 0 N–H and O–H groups in total. The lowest BCUT2D eigenvalue weighted by molar-refractivity contribution is -0.120. The molecule has 7 heteroatoms. The van der Waals surface area contributed by atoms with Crippen LogP contribution < -0.4 is 4.90 Å². The quantitative estimate of drug-likeness (QED) is 0.746. The van der Waals surface area contributed by atoms with Crippen molar-refractivity contribution >= 4 is 34.7 Å². The molecule has 27 heavy (non-hydrogen) atoms. The summed E-state index contributed by atoms with van der Waals surface area (Å²) in [7, 11) is 0. The lowest BCUT2D eigenvalue weighted by atomic mass is 10.0. The first kappa shape index (κ1) is 17.7. The summed E-state index contributed by atoms with van der Waals surface area (Å²) in [4.78, 5) is 29.0. The lowest BCUT2D eigenvalue weighted by Crippen LogP contribution is -2.34. The Morgan fingerprint density at radius 1 is 0.852 bits per heavy atom. The van der Waals surface area contributed by atoms with E-state index in [9.17, 15) is 18.4 Å². The van der Waals surface area contributed by atoms with Crippen LogP contribution in [0, 0.1) is 11.6 Å². The van der Waals surface area contributed by atoms with Gasteiger partial charge in [-0.05, 0) is 42.7 Å². The van der Waals surface area contributed by atoms with Gasteiger partial charge in [-0.15, -0.1) is 0 Å². The van der Waals surface area contributed by atoms with Gasteiger partial charge in [0.05, 0.1) is 11.3 Å². The number of carbonyl (C=O) groups is 2. The molecule has 0 aromatic heterocycles. The van der Waals surface area contributed by atoms with Crippen LogP contribution in [0.3, 0.4) is 0 Å². The Labute approximate surface area is 159 Å². The van der Waals surface area contributed by atoms with E-state index in [1.54, 1.807) is 24.3 Å². The summed E-state index contributed by atoms with van der Waals surface area (Å²) in [6.45, 7) is 1.33. The van der Waals surface area contributed by atoms with Gasteiger partial charge in [-0.3, -0.25) is 9.59 Å². The molecule has 2 heterocycles. The van der Waals surface area contributed by atoms with Crippen molar-refractivity contribution in [2.24, 2.45) is 0 Å². The molecule has 4 rings (SSSR count). The fourth-order valence-corrected chi connectivity index (χ4v) is 3.61. The molecule has 0 saturated carbocycles. The third-order valence-corrected chi connectivity index (χ3v) is 5.03. The molecule has 2 aliphatic heterocycles. The first-order valence-electron chi connectivity index (χ1n) is 8.56. The number of likely N-dealkylation sites (tertiary alicyclic amines) is 1. The monoisotopic (exact) mass is 388 g/mol. The molecule has 1 fully saturated rings. The normalized spacial score (nSPS) is 17.4. The SMILES string of the molecule is O=C1C(c2ccc(Cl)cc2)=C(N2CCCC2)C(=O)N1c1ccc(F)c(F)c1.